The van der Waals surface area contributed by atoms with Crippen LogP contribution in [0, 0.1) is 0 Å². The molecule has 18 heavy (non-hydrogen) atoms. The molecule has 0 aliphatic heterocycles. The molecule has 0 spiro atoms. The van der Waals surface area contributed by atoms with Crippen molar-refractivity contribution in [3.8, 4) is 0 Å². The summed E-state index contributed by atoms with van der Waals surface area (Å²) in [6.07, 6.45) is 8.05. The molecule has 0 saturated heterocycles. The molecule has 0 radical (unpaired) electrons. The fraction of sp³-hybridized carbons (Fsp3) is 0.231. The van der Waals surface area contributed by atoms with Gasteiger partial charge in [0.1, 0.15) is 0 Å². The van der Waals surface area contributed by atoms with Crippen LogP contribution in [0.1, 0.15) is 17.8 Å². The van der Waals surface area contributed by atoms with Crippen molar-refractivity contribution in [3.05, 3.63) is 48.0 Å². The smallest absolute Gasteiger partial charge is 0.663 e. The van der Waals surface area contributed by atoms with E-state index >= 15 is 0 Å². The van der Waals surface area contributed by atoms with Gasteiger partial charge in [0.15, 0.2) is 0 Å². The summed E-state index contributed by atoms with van der Waals surface area (Å²) >= 11 is 0. The van der Waals surface area contributed by atoms with Crippen LogP contribution in [0.3, 0.4) is 0 Å². The Morgan fingerprint density at radius 3 is 1.78 bits per heavy atom. The van der Waals surface area contributed by atoms with Crippen LogP contribution in [-0.2, 0) is 16.5 Å². The molecular formula is C13H14N4Ni. The third-order valence-corrected chi connectivity index (χ3v) is 2.17. The SMILES string of the molecule is C(=NCCCN=Cc1ccc[n-]1)c1ccc[n-]1.[Ni+2]. The first kappa shape index (κ1) is 14.5. The molecule has 0 aliphatic carbocycles. The van der Waals surface area contributed by atoms with E-state index < -0.39 is 0 Å². The Kier molecular flexibility index (Phi) is 6.81. The van der Waals surface area contributed by atoms with E-state index in [-0.39, 0.29) is 16.5 Å². The number of aliphatic imine (C=N–C) groups is 2. The van der Waals surface area contributed by atoms with E-state index in [0.29, 0.717) is 0 Å². The van der Waals surface area contributed by atoms with Crippen LogP contribution in [0.4, 0.5) is 0 Å². The summed E-state index contributed by atoms with van der Waals surface area (Å²) in [5, 5.41) is 0. The summed E-state index contributed by atoms with van der Waals surface area (Å²) in [4.78, 5) is 16.7. The van der Waals surface area contributed by atoms with Crippen LogP contribution < -0.4 is 9.97 Å². The van der Waals surface area contributed by atoms with Gasteiger partial charge in [0.25, 0.3) is 0 Å². The Balaban J connectivity index is 0.00000162. The van der Waals surface area contributed by atoms with Crippen LogP contribution >= 0.6 is 0 Å². The van der Waals surface area contributed by atoms with Gasteiger partial charge in [-0.25, -0.2) is 0 Å². The minimum atomic E-state index is 0. The van der Waals surface area contributed by atoms with Gasteiger partial charge in [-0.15, -0.1) is 11.4 Å². The zero-order chi connectivity index (χ0) is 11.8. The second kappa shape index (κ2) is 8.48. The third-order valence-electron chi connectivity index (χ3n) is 2.17. The molecule has 96 valence electrons. The Hall–Kier alpha value is -1.61. The molecule has 5 heteroatoms. The van der Waals surface area contributed by atoms with E-state index in [1.165, 1.54) is 0 Å². The van der Waals surface area contributed by atoms with Gasteiger partial charge >= 0.3 is 16.5 Å². The van der Waals surface area contributed by atoms with Crippen LogP contribution in [0.25, 0.3) is 0 Å². The quantitative estimate of drug-likeness (QED) is 0.459. The first-order valence-corrected chi connectivity index (χ1v) is 5.60. The van der Waals surface area contributed by atoms with Crippen molar-refractivity contribution in [2.75, 3.05) is 13.1 Å². The second-order valence-electron chi connectivity index (χ2n) is 3.55. The molecular weight excluding hydrogens is 271 g/mol. The van der Waals surface area contributed by atoms with Crippen molar-refractivity contribution in [1.82, 2.24) is 9.97 Å². The van der Waals surface area contributed by atoms with E-state index in [1.54, 1.807) is 24.8 Å². The molecule has 0 bridgehead atoms. The van der Waals surface area contributed by atoms with Gasteiger partial charge in [0, 0.05) is 25.5 Å². The predicted octanol–water partition coefficient (Wildman–Crippen LogP) is 1.53. The maximum Gasteiger partial charge on any atom is 2.00 e. The summed E-state index contributed by atoms with van der Waals surface area (Å²) in [5.74, 6) is 0. The van der Waals surface area contributed by atoms with E-state index in [4.69, 9.17) is 0 Å². The van der Waals surface area contributed by atoms with Crippen molar-refractivity contribution < 1.29 is 16.5 Å². The fourth-order valence-electron chi connectivity index (χ4n) is 1.35. The minimum absolute atomic E-state index is 0. The van der Waals surface area contributed by atoms with Crippen LogP contribution in [-0.4, -0.2) is 25.5 Å². The molecule has 0 aliphatic rings. The maximum absolute atomic E-state index is 4.27. The summed E-state index contributed by atoms with van der Waals surface area (Å²) < 4.78 is 0. The first-order chi connectivity index (χ1) is 8.45. The molecule has 0 atom stereocenters. The predicted molar refractivity (Wildman–Crippen MR) is 69.1 cm³/mol. The van der Waals surface area contributed by atoms with Gasteiger partial charge < -0.3 is 9.97 Å². The molecule has 2 rings (SSSR count). The van der Waals surface area contributed by atoms with Gasteiger partial charge in [-0.05, 0) is 6.42 Å². The van der Waals surface area contributed by atoms with Gasteiger partial charge in [-0.3, -0.25) is 9.98 Å². The van der Waals surface area contributed by atoms with E-state index in [2.05, 4.69) is 20.0 Å². The summed E-state index contributed by atoms with van der Waals surface area (Å²) in [5.41, 5.74) is 1.82. The molecule has 2 aromatic rings. The zero-order valence-corrected chi connectivity index (χ0v) is 10.8. The zero-order valence-electron chi connectivity index (χ0n) is 9.85. The van der Waals surface area contributed by atoms with Crippen LogP contribution in [0.2, 0.25) is 0 Å². The second-order valence-corrected chi connectivity index (χ2v) is 3.55. The molecule has 4 nitrogen and oxygen atoms in total. The number of hydrogen-bond donors (Lipinski definition) is 0. The number of aromatic nitrogens is 2. The van der Waals surface area contributed by atoms with E-state index in [0.717, 1.165) is 30.9 Å². The van der Waals surface area contributed by atoms with Gasteiger partial charge in [0.2, 0.25) is 0 Å². The van der Waals surface area contributed by atoms with Crippen molar-refractivity contribution in [1.29, 1.82) is 0 Å². The Bertz CT molecular complexity index is 413. The molecule has 0 amide bonds. The number of hydrogen-bond acceptors (Lipinski definition) is 2. The van der Waals surface area contributed by atoms with Crippen molar-refractivity contribution in [2.45, 2.75) is 6.42 Å². The molecule has 0 N–H and O–H groups in total. The Labute approximate surface area is 117 Å². The number of nitrogens with zero attached hydrogens (tertiary/aromatic N) is 4. The van der Waals surface area contributed by atoms with Gasteiger partial charge in [-0.2, -0.15) is 12.4 Å². The molecule has 2 aromatic heterocycles. The van der Waals surface area contributed by atoms with Crippen molar-refractivity contribution >= 4 is 12.4 Å². The summed E-state index contributed by atoms with van der Waals surface area (Å²) in [7, 11) is 0. The molecule has 0 saturated carbocycles. The monoisotopic (exact) mass is 284 g/mol. The number of rotatable bonds is 6. The van der Waals surface area contributed by atoms with E-state index in [9.17, 15) is 0 Å². The Morgan fingerprint density at radius 2 is 1.39 bits per heavy atom. The standard InChI is InChI=1S/C13H14N4.Ni/c1-4-12(16-8-1)10-14-6-3-7-15-11-13-5-2-9-17-13;/h1-2,4-5,8-11H,3,6-7H2;/q-2;+2. The van der Waals surface area contributed by atoms with Crippen molar-refractivity contribution in [3.63, 3.8) is 0 Å². The largest absolute Gasteiger partial charge is 2.00 e. The molecule has 0 fully saturated rings. The normalized spacial score (nSPS) is 11.1. The average molecular weight is 285 g/mol. The van der Waals surface area contributed by atoms with Crippen molar-refractivity contribution in [2.24, 2.45) is 9.98 Å². The minimum Gasteiger partial charge on any atom is -0.663 e. The topological polar surface area (TPSA) is 52.9 Å². The molecule has 0 unspecified atom stereocenters. The maximum atomic E-state index is 4.27. The summed E-state index contributed by atoms with van der Waals surface area (Å²) in [6, 6.07) is 7.67. The Morgan fingerprint density at radius 1 is 0.889 bits per heavy atom. The van der Waals surface area contributed by atoms with Crippen LogP contribution in [0.5, 0.6) is 0 Å². The molecule has 0 aromatic carbocycles. The van der Waals surface area contributed by atoms with Crippen LogP contribution in [0.15, 0.2) is 46.6 Å². The summed E-state index contributed by atoms with van der Waals surface area (Å²) in [6.45, 7) is 1.55. The fourth-order valence-corrected chi connectivity index (χ4v) is 1.35. The average Bonchev–Trinajstić information content (AvgIpc) is 3.00. The molecule has 2 heterocycles. The first-order valence-electron chi connectivity index (χ1n) is 5.60. The van der Waals surface area contributed by atoms with Gasteiger partial charge in [0.05, 0.1) is 0 Å². The third kappa shape index (κ3) is 5.15. The van der Waals surface area contributed by atoms with Gasteiger partial charge in [-0.1, -0.05) is 24.3 Å². The van der Waals surface area contributed by atoms with E-state index in [1.807, 2.05) is 24.3 Å².